The van der Waals surface area contributed by atoms with Crippen LogP contribution in [0.3, 0.4) is 0 Å². The number of carbonyl (C=O) groups excluding carboxylic acids is 2. The standard InChI is InChI=1S/C10H10O4/c1-13-8-6-10(4-2-7(8)11)5-3-9(12)14-10/h2,4,6H,3,5H2,1H3/t10-/m0/s1. The highest BCUT2D eigenvalue weighted by Crippen LogP contribution is 2.33. The minimum atomic E-state index is -0.740. The number of allylic oxidation sites excluding steroid dienone is 1. The van der Waals surface area contributed by atoms with Gasteiger partial charge in [-0.15, -0.1) is 0 Å². The molecule has 4 nitrogen and oxygen atoms in total. The van der Waals surface area contributed by atoms with E-state index in [1.54, 1.807) is 12.2 Å². The lowest BCUT2D eigenvalue weighted by atomic mass is 9.93. The molecule has 74 valence electrons. The summed E-state index contributed by atoms with van der Waals surface area (Å²) < 4.78 is 10.0. The Balaban J connectivity index is 2.31. The van der Waals surface area contributed by atoms with Crippen molar-refractivity contribution in [2.45, 2.75) is 18.4 Å². The van der Waals surface area contributed by atoms with Crippen LogP contribution in [0, 0.1) is 0 Å². The first-order chi connectivity index (χ1) is 6.65. The molecule has 1 saturated heterocycles. The molecule has 2 aliphatic rings. The van der Waals surface area contributed by atoms with E-state index >= 15 is 0 Å². The van der Waals surface area contributed by atoms with E-state index < -0.39 is 5.60 Å². The average molecular weight is 194 g/mol. The van der Waals surface area contributed by atoms with E-state index in [0.717, 1.165) is 0 Å². The van der Waals surface area contributed by atoms with Gasteiger partial charge in [-0.1, -0.05) is 0 Å². The Hall–Kier alpha value is -1.58. The van der Waals surface area contributed by atoms with Gasteiger partial charge in [0.05, 0.1) is 13.5 Å². The number of esters is 1. The second kappa shape index (κ2) is 2.97. The number of ether oxygens (including phenoxy) is 2. The maximum atomic E-state index is 11.2. The lowest BCUT2D eigenvalue weighted by Crippen LogP contribution is -2.28. The molecule has 0 aromatic rings. The van der Waals surface area contributed by atoms with Gasteiger partial charge in [0.25, 0.3) is 0 Å². The van der Waals surface area contributed by atoms with E-state index in [1.807, 2.05) is 0 Å². The lowest BCUT2D eigenvalue weighted by Gasteiger charge is -2.23. The van der Waals surface area contributed by atoms with Crippen LogP contribution >= 0.6 is 0 Å². The zero-order chi connectivity index (χ0) is 10.2. The maximum Gasteiger partial charge on any atom is 0.307 e. The number of carbonyl (C=O) groups is 2. The first-order valence-corrected chi connectivity index (χ1v) is 4.37. The molecular weight excluding hydrogens is 184 g/mol. The van der Waals surface area contributed by atoms with Crippen LogP contribution in [0.25, 0.3) is 0 Å². The summed E-state index contributed by atoms with van der Waals surface area (Å²) >= 11 is 0. The number of rotatable bonds is 1. The van der Waals surface area contributed by atoms with Crippen LogP contribution < -0.4 is 0 Å². The Bertz CT molecular complexity index is 353. The quantitative estimate of drug-likeness (QED) is 0.577. The second-order valence-electron chi connectivity index (χ2n) is 3.34. The Morgan fingerprint density at radius 1 is 1.50 bits per heavy atom. The molecule has 1 spiro atoms. The summed E-state index contributed by atoms with van der Waals surface area (Å²) in [4.78, 5) is 22.2. The van der Waals surface area contributed by atoms with E-state index in [4.69, 9.17) is 9.47 Å². The average Bonchev–Trinajstić information content (AvgIpc) is 2.53. The van der Waals surface area contributed by atoms with E-state index in [0.29, 0.717) is 12.8 Å². The van der Waals surface area contributed by atoms with Crippen LogP contribution in [0.4, 0.5) is 0 Å². The number of methoxy groups -OCH3 is 1. The fraction of sp³-hybridized carbons (Fsp3) is 0.400. The lowest BCUT2D eigenvalue weighted by molar-refractivity contribution is -0.143. The van der Waals surface area contributed by atoms with Crippen molar-refractivity contribution in [3.63, 3.8) is 0 Å². The predicted molar refractivity (Wildman–Crippen MR) is 47.3 cm³/mol. The van der Waals surface area contributed by atoms with Gasteiger partial charge >= 0.3 is 5.97 Å². The number of ketones is 1. The molecule has 14 heavy (non-hydrogen) atoms. The SMILES string of the molecule is COC1=C[C@]2(C=CC1=O)CCC(=O)O2. The Kier molecular flexibility index (Phi) is 1.91. The van der Waals surface area contributed by atoms with Crippen molar-refractivity contribution in [1.29, 1.82) is 0 Å². The van der Waals surface area contributed by atoms with E-state index in [9.17, 15) is 9.59 Å². The van der Waals surface area contributed by atoms with Crippen molar-refractivity contribution in [2.75, 3.05) is 7.11 Å². The normalized spacial score (nSPS) is 30.5. The zero-order valence-corrected chi connectivity index (χ0v) is 7.78. The molecule has 0 amide bonds. The van der Waals surface area contributed by atoms with Crippen LogP contribution in [-0.4, -0.2) is 24.5 Å². The van der Waals surface area contributed by atoms with Crippen molar-refractivity contribution in [1.82, 2.24) is 0 Å². The molecule has 0 aromatic carbocycles. The Labute approximate surface area is 81.2 Å². The van der Waals surface area contributed by atoms with Gasteiger partial charge in [-0.3, -0.25) is 9.59 Å². The fourth-order valence-corrected chi connectivity index (χ4v) is 1.63. The molecule has 0 radical (unpaired) electrons. The Morgan fingerprint density at radius 2 is 2.29 bits per heavy atom. The molecule has 0 N–H and O–H groups in total. The summed E-state index contributed by atoms with van der Waals surface area (Å²) in [6, 6.07) is 0. The maximum absolute atomic E-state index is 11.2. The van der Waals surface area contributed by atoms with Gasteiger partial charge in [-0.25, -0.2) is 0 Å². The third kappa shape index (κ3) is 1.32. The fourth-order valence-electron chi connectivity index (χ4n) is 1.63. The summed E-state index contributed by atoms with van der Waals surface area (Å²) in [5, 5.41) is 0. The van der Waals surface area contributed by atoms with Crippen LogP contribution in [0.1, 0.15) is 12.8 Å². The predicted octanol–water partition coefficient (Wildman–Crippen LogP) is 0.731. The molecule has 1 aliphatic carbocycles. The molecule has 0 unspecified atom stereocenters. The third-order valence-corrected chi connectivity index (χ3v) is 2.38. The monoisotopic (exact) mass is 194 g/mol. The van der Waals surface area contributed by atoms with Gasteiger partial charge in [0, 0.05) is 12.5 Å². The van der Waals surface area contributed by atoms with Crippen molar-refractivity contribution in [3.05, 3.63) is 24.0 Å². The summed E-state index contributed by atoms with van der Waals surface area (Å²) in [7, 11) is 1.42. The zero-order valence-electron chi connectivity index (χ0n) is 7.78. The van der Waals surface area contributed by atoms with Gasteiger partial charge in [0.15, 0.2) is 11.4 Å². The second-order valence-corrected chi connectivity index (χ2v) is 3.34. The van der Waals surface area contributed by atoms with Crippen LogP contribution in [0.2, 0.25) is 0 Å². The molecule has 1 aliphatic heterocycles. The number of hydrogen-bond donors (Lipinski definition) is 0. The first kappa shape index (κ1) is 8.99. The Morgan fingerprint density at radius 3 is 2.86 bits per heavy atom. The van der Waals surface area contributed by atoms with E-state index in [2.05, 4.69) is 0 Å². The smallest absolute Gasteiger partial charge is 0.307 e. The molecule has 0 saturated carbocycles. The van der Waals surface area contributed by atoms with E-state index in [-0.39, 0.29) is 17.5 Å². The summed E-state index contributed by atoms with van der Waals surface area (Å²) in [6.07, 6.45) is 5.52. The minimum Gasteiger partial charge on any atom is -0.493 e. The van der Waals surface area contributed by atoms with Crippen LogP contribution in [0.15, 0.2) is 24.0 Å². The van der Waals surface area contributed by atoms with Crippen LogP contribution in [-0.2, 0) is 19.1 Å². The van der Waals surface area contributed by atoms with Gasteiger partial charge in [0.1, 0.15) is 0 Å². The molecule has 4 heteroatoms. The molecule has 1 atom stereocenters. The van der Waals surface area contributed by atoms with Crippen molar-refractivity contribution in [2.24, 2.45) is 0 Å². The summed E-state index contributed by atoms with van der Waals surface area (Å²) in [6.45, 7) is 0. The van der Waals surface area contributed by atoms with Crippen molar-refractivity contribution >= 4 is 11.8 Å². The highest BCUT2D eigenvalue weighted by molar-refractivity contribution is 6.04. The highest BCUT2D eigenvalue weighted by Gasteiger charge is 2.39. The molecule has 0 aromatic heterocycles. The topological polar surface area (TPSA) is 52.6 Å². The van der Waals surface area contributed by atoms with Gasteiger partial charge in [0.2, 0.25) is 5.78 Å². The summed E-state index contributed by atoms with van der Waals surface area (Å²) in [5.74, 6) is -0.195. The first-order valence-electron chi connectivity index (χ1n) is 4.37. The van der Waals surface area contributed by atoms with Crippen LogP contribution in [0.5, 0.6) is 0 Å². The number of hydrogen-bond acceptors (Lipinski definition) is 4. The van der Waals surface area contributed by atoms with Gasteiger partial charge < -0.3 is 9.47 Å². The molecular formula is C10H10O4. The van der Waals surface area contributed by atoms with Gasteiger partial charge in [-0.05, 0) is 12.2 Å². The molecule has 1 heterocycles. The molecule has 2 rings (SSSR count). The van der Waals surface area contributed by atoms with Crippen molar-refractivity contribution < 1.29 is 19.1 Å². The van der Waals surface area contributed by atoms with Gasteiger partial charge in [-0.2, -0.15) is 0 Å². The summed E-state index contributed by atoms with van der Waals surface area (Å²) in [5.41, 5.74) is -0.740. The molecule has 0 bridgehead atoms. The molecule has 1 fully saturated rings. The largest absolute Gasteiger partial charge is 0.493 e. The van der Waals surface area contributed by atoms with Crippen molar-refractivity contribution in [3.8, 4) is 0 Å². The minimum absolute atomic E-state index is 0.193. The van der Waals surface area contributed by atoms with E-state index in [1.165, 1.54) is 13.2 Å². The third-order valence-electron chi connectivity index (χ3n) is 2.38. The highest BCUT2D eigenvalue weighted by atomic mass is 16.6.